The van der Waals surface area contributed by atoms with Gasteiger partial charge >= 0.3 is 6.09 Å². The van der Waals surface area contributed by atoms with Gasteiger partial charge in [0.25, 0.3) is 0 Å². The number of hydrogen-bond acceptors (Lipinski definition) is 15. The minimum Gasteiger partial charge on any atom is -0.444 e. The summed E-state index contributed by atoms with van der Waals surface area (Å²) in [5, 5.41) is 8.83. The summed E-state index contributed by atoms with van der Waals surface area (Å²) < 4.78 is 5.28. The molecule has 6 heterocycles. The van der Waals surface area contributed by atoms with Crippen molar-refractivity contribution in [3.05, 3.63) is 240 Å². The van der Waals surface area contributed by atoms with Crippen LogP contribution in [0.3, 0.4) is 0 Å². The van der Waals surface area contributed by atoms with E-state index < -0.39 is 11.7 Å². The van der Waals surface area contributed by atoms with Crippen molar-refractivity contribution in [1.29, 1.82) is 0 Å². The molecule has 6 aromatic heterocycles. The van der Waals surface area contributed by atoms with E-state index in [0.29, 0.717) is 84.1 Å². The molecule has 0 saturated heterocycles. The summed E-state index contributed by atoms with van der Waals surface area (Å²) in [6, 6.07) is 51.0. The molecular formula is C65H78N14O4. The highest BCUT2D eigenvalue weighted by Crippen LogP contribution is 2.15. The average molecular weight is 1120 g/mol. The van der Waals surface area contributed by atoms with E-state index in [1.54, 1.807) is 24.8 Å². The quantitative estimate of drug-likeness (QED) is 0.0346. The van der Waals surface area contributed by atoms with Crippen LogP contribution in [-0.4, -0.2) is 125 Å². The summed E-state index contributed by atoms with van der Waals surface area (Å²) in [7, 11) is 0. The minimum absolute atomic E-state index is 0.0616. The first-order valence-electron chi connectivity index (χ1n) is 28.1. The SMILES string of the molecule is CC(C)(C)OC(=O)NCCc1ccc(NC(=O)CN(CCN(Cc2ccccn2)Cc2ccccn2)Cc2ccccn2)cc1.NCCc1ccc(NC(=O)CN(CCN(Cc2ccccn2)Cc2ccccn2)Cc2ccccn2)cc1. The molecule has 18 heteroatoms. The van der Waals surface area contributed by atoms with Gasteiger partial charge in [0, 0.05) is 121 Å². The van der Waals surface area contributed by atoms with Crippen LogP contribution in [-0.2, 0) is 66.4 Å². The summed E-state index contributed by atoms with van der Waals surface area (Å²) in [6.07, 6.45) is 11.8. The number of anilines is 2. The van der Waals surface area contributed by atoms with E-state index in [4.69, 9.17) is 10.5 Å². The molecule has 0 saturated carbocycles. The third-order valence-electron chi connectivity index (χ3n) is 12.9. The van der Waals surface area contributed by atoms with Crippen LogP contribution >= 0.6 is 0 Å². The van der Waals surface area contributed by atoms with Crippen molar-refractivity contribution in [2.24, 2.45) is 5.73 Å². The summed E-state index contributed by atoms with van der Waals surface area (Å²) in [5.74, 6) is -0.167. The summed E-state index contributed by atoms with van der Waals surface area (Å²) in [6.45, 7) is 13.6. The van der Waals surface area contributed by atoms with Crippen LogP contribution in [0.15, 0.2) is 195 Å². The van der Waals surface area contributed by atoms with E-state index in [2.05, 4.69) is 65.5 Å². The van der Waals surface area contributed by atoms with E-state index in [0.717, 1.165) is 63.9 Å². The van der Waals surface area contributed by atoms with Crippen LogP contribution in [0.25, 0.3) is 0 Å². The lowest BCUT2D eigenvalue weighted by Crippen LogP contribution is -2.39. The van der Waals surface area contributed by atoms with Crippen LogP contribution in [0.2, 0.25) is 0 Å². The molecule has 0 spiro atoms. The number of carbonyl (C=O) groups is 3. The highest BCUT2D eigenvalue weighted by Gasteiger charge is 2.19. The number of ether oxygens (including phenoxy) is 1. The molecule has 0 aliphatic heterocycles. The van der Waals surface area contributed by atoms with Gasteiger partial charge in [-0.25, -0.2) is 4.79 Å². The second kappa shape index (κ2) is 33.9. The van der Waals surface area contributed by atoms with Crippen molar-refractivity contribution in [1.82, 2.24) is 54.8 Å². The van der Waals surface area contributed by atoms with Crippen LogP contribution < -0.4 is 21.7 Å². The summed E-state index contributed by atoms with van der Waals surface area (Å²) >= 11 is 0. The Morgan fingerprint density at radius 3 is 1.01 bits per heavy atom. The van der Waals surface area contributed by atoms with Gasteiger partial charge in [0.15, 0.2) is 0 Å². The predicted octanol–water partition coefficient (Wildman–Crippen LogP) is 8.60. The van der Waals surface area contributed by atoms with Crippen molar-refractivity contribution in [2.75, 3.05) is 63.0 Å². The third kappa shape index (κ3) is 24.5. The van der Waals surface area contributed by atoms with Crippen molar-refractivity contribution >= 4 is 29.3 Å². The van der Waals surface area contributed by atoms with Crippen molar-refractivity contribution in [2.45, 2.75) is 78.5 Å². The number of pyridine rings is 6. The Bertz CT molecular complexity index is 3010. The van der Waals surface area contributed by atoms with Gasteiger partial charge < -0.3 is 26.4 Å². The largest absolute Gasteiger partial charge is 0.444 e. The molecule has 0 radical (unpaired) electrons. The first-order chi connectivity index (χ1) is 40.4. The molecule has 0 aliphatic rings. The molecule has 18 nitrogen and oxygen atoms in total. The number of carbonyl (C=O) groups excluding carboxylic acids is 3. The molecule has 2 aromatic carbocycles. The van der Waals surface area contributed by atoms with Crippen LogP contribution in [0.4, 0.5) is 16.2 Å². The second-order valence-corrected chi connectivity index (χ2v) is 21.0. The van der Waals surface area contributed by atoms with Crippen molar-refractivity contribution in [3.8, 4) is 0 Å². The maximum Gasteiger partial charge on any atom is 0.407 e. The van der Waals surface area contributed by atoms with E-state index in [1.807, 2.05) is 191 Å². The lowest BCUT2D eigenvalue weighted by molar-refractivity contribution is -0.118. The van der Waals surface area contributed by atoms with E-state index in [-0.39, 0.29) is 24.9 Å². The number of rotatable bonds is 29. The number of alkyl carbamates (subject to hydrolysis) is 1. The Kier molecular flexibility index (Phi) is 25.3. The van der Waals surface area contributed by atoms with E-state index >= 15 is 0 Å². The zero-order valence-corrected chi connectivity index (χ0v) is 48.0. The maximum absolute atomic E-state index is 13.2. The second-order valence-electron chi connectivity index (χ2n) is 21.0. The van der Waals surface area contributed by atoms with Gasteiger partial charge in [-0.2, -0.15) is 0 Å². The number of aromatic nitrogens is 6. The van der Waals surface area contributed by atoms with Crippen LogP contribution in [0.5, 0.6) is 0 Å². The van der Waals surface area contributed by atoms with Crippen molar-refractivity contribution in [3.63, 3.8) is 0 Å². The lowest BCUT2D eigenvalue weighted by atomic mass is 10.1. The number of amides is 3. The summed E-state index contributed by atoms with van der Waals surface area (Å²) in [5.41, 5.74) is 14.6. The molecule has 5 N–H and O–H groups in total. The lowest BCUT2D eigenvalue weighted by Gasteiger charge is -2.27. The Morgan fingerprint density at radius 2 is 0.723 bits per heavy atom. The Balaban J connectivity index is 0.000000242. The van der Waals surface area contributed by atoms with Gasteiger partial charge in [-0.1, -0.05) is 60.7 Å². The first kappa shape index (κ1) is 62.0. The van der Waals surface area contributed by atoms with Gasteiger partial charge in [0.1, 0.15) is 5.60 Å². The maximum atomic E-state index is 13.2. The molecule has 8 rings (SSSR count). The fourth-order valence-electron chi connectivity index (χ4n) is 8.85. The number of hydrogen-bond donors (Lipinski definition) is 4. The van der Waals surface area contributed by atoms with Gasteiger partial charge in [-0.05, 0) is 148 Å². The monoisotopic (exact) mass is 1120 g/mol. The molecule has 0 fully saturated rings. The molecule has 8 aromatic rings. The van der Waals surface area contributed by atoms with Gasteiger partial charge in [0.2, 0.25) is 11.8 Å². The fourth-order valence-corrected chi connectivity index (χ4v) is 8.85. The Morgan fingerprint density at radius 1 is 0.422 bits per heavy atom. The average Bonchev–Trinajstić information content (AvgIpc) is 3.50. The molecule has 432 valence electrons. The molecule has 0 atom stereocenters. The van der Waals surface area contributed by atoms with Crippen molar-refractivity contribution < 1.29 is 19.1 Å². The molecule has 83 heavy (non-hydrogen) atoms. The highest BCUT2D eigenvalue weighted by molar-refractivity contribution is 5.92. The molecule has 3 amide bonds. The summed E-state index contributed by atoms with van der Waals surface area (Å²) in [4.78, 5) is 74.0. The zero-order valence-electron chi connectivity index (χ0n) is 48.0. The molecule has 0 unspecified atom stereocenters. The minimum atomic E-state index is -0.532. The smallest absolute Gasteiger partial charge is 0.407 e. The molecule has 0 aliphatic carbocycles. The highest BCUT2D eigenvalue weighted by atomic mass is 16.6. The fraction of sp³-hybridized carbons (Fsp3) is 0.308. The zero-order chi connectivity index (χ0) is 58.3. The van der Waals surface area contributed by atoms with E-state index in [1.165, 1.54) is 0 Å². The number of nitrogens with one attached hydrogen (secondary N) is 3. The molecular weight excluding hydrogens is 1040 g/mol. The van der Waals surface area contributed by atoms with Gasteiger partial charge in [0.05, 0.1) is 47.3 Å². The van der Waals surface area contributed by atoms with E-state index in [9.17, 15) is 14.4 Å². The topological polar surface area (TPSA) is 213 Å². The number of nitrogens with two attached hydrogens (primary N) is 1. The molecule has 0 bridgehead atoms. The Labute approximate surface area is 488 Å². The van der Waals surface area contributed by atoms with Crippen LogP contribution in [0, 0.1) is 0 Å². The predicted molar refractivity (Wildman–Crippen MR) is 325 cm³/mol. The van der Waals surface area contributed by atoms with Crippen LogP contribution in [0.1, 0.15) is 66.1 Å². The number of benzene rings is 2. The first-order valence-corrected chi connectivity index (χ1v) is 28.1. The standard InChI is InChI=1S/C35H43N7O3.C30H35N7O/c1-35(2,3)45-34(44)39-21-17-28-13-15-29(16-14-28)40-33(43)27-42(26-32-12-6-9-20-38-32)23-22-41(24-30-10-4-7-18-36-30)25-31-11-5-8-19-37-31;31-15-14-25-10-12-26(13-11-25)35-30(38)24-37(23-29-9-3-6-18-34-29)20-19-36(21-27-7-1-4-16-32-27)22-28-8-2-5-17-33-28/h4-16,18-20H,17,21-27H2,1-3H3,(H,39,44)(H,40,43);1-13,16-18H,14-15,19-24,31H2,(H,35,38). The Hall–Kier alpha value is -8.65. The number of nitrogens with zero attached hydrogens (tertiary/aromatic N) is 10. The van der Waals surface area contributed by atoms with Gasteiger partial charge in [-0.15, -0.1) is 0 Å². The third-order valence-corrected chi connectivity index (χ3v) is 12.9. The van der Waals surface area contributed by atoms with Gasteiger partial charge in [-0.3, -0.25) is 59.1 Å². The normalized spacial score (nSPS) is 11.3.